The minimum atomic E-state index is 0.277. The summed E-state index contributed by atoms with van der Waals surface area (Å²) in [4.78, 5) is 26.2. The second-order valence-electron chi connectivity index (χ2n) is 8.82. The van der Waals surface area contributed by atoms with Crippen LogP contribution in [0.3, 0.4) is 0 Å². The maximum atomic E-state index is 11.6. The molecule has 0 amide bonds. The topological polar surface area (TPSA) is 49.3 Å². The zero-order chi connectivity index (χ0) is 18.3. The van der Waals surface area contributed by atoms with Crippen LogP contribution in [0.2, 0.25) is 0 Å². The molecule has 3 heterocycles. The van der Waals surface area contributed by atoms with E-state index in [1.807, 2.05) is 0 Å². The highest BCUT2D eigenvalue weighted by molar-refractivity contribution is 5.78. The van der Waals surface area contributed by atoms with Gasteiger partial charge in [0.2, 0.25) is 5.95 Å². The fraction of sp³-hybridized carbons (Fsp3) is 0.762. The summed E-state index contributed by atoms with van der Waals surface area (Å²) in [5.74, 6) is 2.07. The molecule has 5 nitrogen and oxygen atoms in total. The van der Waals surface area contributed by atoms with Crippen molar-refractivity contribution >= 4 is 11.7 Å². The molecule has 3 aliphatic rings. The minimum absolute atomic E-state index is 0.277. The summed E-state index contributed by atoms with van der Waals surface area (Å²) < 4.78 is 0. The molecule has 4 rings (SSSR count). The molecular formula is C21H32N4O. The highest BCUT2D eigenvalue weighted by atomic mass is 16.1. The van der Waals surface area contributed by atoms with E-state index in [0.29, 0.717) is 29.8 Å². The number of carbonyl (C=O) groups is 1. The second-order valence-corrected chi connectivity index (χ2v) is 8.82. The van der Waals surface area contributed by atoms with Gasteiger partial charge in [-0.25, -0.2) is 9.97 Å². The van der Waals surface area contributed by atoms with E-state index in [1.54, 1.807) is 6.92 Å². The van der Waals surface area contributed by atoms with Crippen molar-refractivity contribution in [3.63, 3.8) is 0 Å². The van der Waals surface area contributed by atoms with Crippen LogP contribution in [-0.2, 0) is 4.79 Å². The van der Waals surface area contributed by atoms with Crippen molar-refractivity contribution in [2.24, 2.45) is 5.92 Å². The molecule has 2 aliphatic heterocycles. The first-order chi connectivity index (χ1) is 12.5. The van der Waals surface area contributed by atoms with Crippen LogP contribution in [0.4, 0.5) is 5.95 Å². The van der Waals surface area contributed by atoms with E-state index in [1.165, 1.54) is 18.4 Å². The Morgan fingerprint density at radius 3 is 2.08 bits per heavy atom. The highest BCUT2D eigenvalue weighted by Gasteiger charge is 2.41. The highest BCUT2D eigenvalue weighted by Crippen LogP contribution is 2.37. The molecule has 26 heavy (non-hydrogen) atoms. The van der Waals surface area contributed by atoms with Crippen molar-refractivity contribution in [1.29, 1.82) is 0 Å². The molecule has 142 valence electrons. The van der Waals surface area contributed by atoms with E-state index < -0.39 is 0 Å². The van der Waals surface area contributed by atoms with Crippen molar-refractivity contribution in [2.45, 2.75) is 83.3 Å². The first kappa shape index (κ1) is 17.9. The van der Waals surface area contributed by atoms with Crippen molar-refractivity contribution in [3.05, 3.63) is 18.0 Å². The number of aromatic nitrogens is 2. The maximum absolute atomic E-state index is 11.6. The summed E-state index contributed by atoms with van der Waals surface area (Å²) in [6.07, 6.45) is 10.8. The number of rotatable bonds is 4. The second kappa shape index (κ2) is 7.26. The normalized spacial score (nSPS) is 32.2. The number of piperazine rings is 1. The molecule has 0 aromatic carbocycles. The van der Waals surface area contributed by atoms with Crippen LogP contribution in [0.5, 0.6) is 0 Å². The number of fused-ring (bicyclic) bond motifs is 2. The molecule has 1 aliphatic carbocycles. The van der Waals surface area contributed by atoms with E-state index >= 15 is 0 Å². The third-order valence-electron chi connectivity index (χ3n) is 6.90. The Morgan fingerprint density at radius 2 is 1.58 bits per heavy atom. The average Bonchev–Trinajstić information content (AvgIpc) is 2.91. The number of nitrogens with zero attached hydrogens (tertiary/aromatic N) is 4. The van der Waals surface area contributed by atoms with Crippen LogP contribution in [0.25, 0.3) is 0 Å². The Bertz CT molecular complexity index is 622. The SMILES string of the molecule is CC(=O)[C@H]1CC[C@@H](c2cnc(N3C4CCC3CN(C(C)C)C4)nc2)CC1. The van der Waals surface area contributed by atoms with Gasteiger partial charge in [0.05, 0.1) is 0 Å². The molecule has 1 aromatic heterocycles. The van der Waals surface area contributed by atoms with Gasteiger partial charge in [0.15, 0.2) is 0 Å². The van der Waals surface area contributed by atoms with Crippen LogP contribution >= 0.6 is 0 Å². The van der Waals surface area contributed by atoms with Gasteiger partial charge in [-0.15, -0.1) is 0 Å². The number of carbonyl (C=O) groups excluding carboxylic acids is 1. The van der Waals surface area contributed by atoms with Gasteiger partial charge in [0.1, 0.15) is 5.78 Å². The van der Waals surface area contributed by atoms with Gasteiger partial charge in [-0.1, -0.05) is 0 Å². The standard InChI is InChI=1S/C21H32N4O/c1-14(2)24-12-19-8-9-20(13-24)25(19)21-22-10-18(11-23-21)17-6-4-16(5-7-17)15(3)26/h10-11,14,16-17,19-20H,4-9,12-13H2,1-3H3/t16-,17+,19?,20?. The quantitative estimate of drug-likeness (QED) is 0.827. The van der Waals surface area contributed by atoms with Gasteiger partial charge in [0.25, 0.3) is 0 Å². The van der Waals surface area contributed by atoms with Gasteiger partial charge in [0, 0.05) is 49.5 Å². The maximum Gasteiger partial charge on any atom is 0.225 e. The van der Waals surface area contributed by atoms with Gasteiger partial charge in [-0.2, -0.15) is 0 Å². The van der Waals surface area contributed by atoms with E-state index in [-0.39, 0.29) is 5.92 Å². The van der Waals surface area contributed by atoms with Crippen LogP contribution < -0.4 is 4.90 Å². The molecule has 5 heteroatoms. The summed E-state index contributed by atoms with van der Waals surface area (Å²) in [5, 5.41) is 0. The fourth-order valence-corrected chi connectivity index (χ4v) is 5.19. The smallest absolute Gasteiger partial charge is 0.225 e. The first-order valence-corrected chi connectivity index (χ1v) is 10.4. The molecule has 2 unspecified atom stereocenters. The summed E-state index contributed by atoms with van der Waals surface area (Å²) in [6.45, 7) is 8.58. The van der Waals surface area contributed by atoms with E-state index in [2.05, 4.69) is 36.0 Å². The van der Waals surface area contributed by atoms with Crippen molar-refractivity contribution in [1.82, 2.24) is 14.9 Å². The molecule has 0 radical (unpaired) electrons. The molecule has 2 atom stereocenters. The minimum Gasteiger partial charge on any atom is -0.332 e. The number of likely N-dealkylation sites (tertiary alicyclic amines) is 1. The summed E-state index contributed by atoms with van der Waals surface area (Å²) in [5.41, 5.74) is 1.25. The molecule has 1 saturated carbocycles. The first-order valence-electron chi connectivity index (χ1n) is 10.4. The van der Waals surface area contributed by atoms with E-state index in [0.717, 1.165) is 44.7 Å². The summed E-state index contributed by atoms with van der Waals surface area (Å²) in [6, 6.07) is 1.75. The fourth-order valence-electron chi connectivity index (χ4n) is 5.19. The number of anilines is 1. The molecule has 1 aromatic rings. The van der Waals surface area contributed by atoms with Crippen molar-refractivity contribution in [2.75, 3.05) is 18.0 Å². The lowest BCUT2D eigenvalue weighted by Gasteiger charge is -2.42. The summed E-state index contributed by atoms with van der Waals surface area (Å²) in [7, 11) is 0. The predicted molar refractivity (Wildman–Crippen MR) is 103 cm³/mol. The molecule has 0 spiro atoms. The third-order valence-corrected chi connectivity index (χ3v) is 6.90. The molecular weight excluding hydrogens is 324 g/mol. The molecule has 3 fully saturated rings. The third kappa shape index (κ3) is 3.38. The zero-order valence-corrected chi connectivity index (χ0v) is 16.4. The van der Waals surface area contributed by atoms with Crippen LogP contribution in [-0.4, -0.2) is 51.9 Å². The van der Waals surface area contributed by atoms with Crippen LogP contribution in [0, 0.1) is 5.92 Å². The Labute approximate surface area is 157 Å². The molecule has 2 bridgehead atoms. The van der Waals surface area contributed by atoms with E-state index in [9.17, 15) is 4.79 Å². The van der Waals surface area contributed by atoms with Crippen molar-refractivity contribution < 1.29 is 4.79 Å². The monoisotopic (exact) mass is 356 g/mol. The Kier molecular flexibility index (Phi) is 5.00. The van der Waals surface area contributed by atoms with Crippen molar-refractivity contribution in [3.8, 4) is 0 Å². The summed E-state index contributed by atoms with van der Waals surface area (Å²) >= 11 is 0. The largest absolute Gasteiger partial charge is 0.332 e. The zero-order valence-electron chi connectivity index (χ0n) is 16.4. The molecule has 0 N–H and O–H groups in total. The van der Waals surface area contributed by atoms with E-state index in [4.69, 9.17) is 9.97 Å². The van der Waals surface area contributed by atoms with Gasteiger partial charge >= 0.3 is 0 Å². The van der Waals surface area contributed by atoms with Gasteiger partial charge < -0.3 is 4.90 Å². The lowest BCUT2D eigenvalue weighted by atomic mass is 9.78. The number of hydrogen-bond acceptors (Lipinski definition) is 5. The average molecular weight is 357 g/mol. The Hall–Kier alpha value is -1.49. The lowest BCUT2D eigenvalue weighted by Crippen LogP contribution is -2.56. The van der Waals surface area contributed by atoms with Crippen LogP contribution in [0.15, 0.2) is 12.4 Å². The number of hydrogen-bond donors (Lipinski definition) is 0. The van der Waals surface area contributed by atoms with Crippen LogP contribution in [0.1, 0.15) is 70.8 Å². The Morgan fingerprint density at radius 1 is 1.00 bits per heavy atom. The Balaban J connectivity index is 1.42. The van der Waals surface area contributed by atoms with Gasteiger partial charge in [-0.05, 0) is 70.8 Å². The predicted octanol–water partition coefficient (Wildman–Crippen LogP) is 3.40. The lowest BCUT2D eigenvalue weighted by molar-refractivity contribution is -0.121. The molecule has 2 saturated heterocycles. The number of Topliss-reactive ketones (excluding diaryl/α,β-unsaturated/α-hetero) is 1. The van der Waals surface area contributed by atoms with Gasteiger partial charge in [-0.3, -0.25) is 9.69 Å². The number of ketones is 1.